The third-order valence-corrected chi connectivity index (χ3v) is 3.31. The van der Waals surface area contributed by atoms with Crippen molar-refractivity contribution < 1.29 is 19.0 Å². The molecule has 0 aliphatic heterocycles. The molecule has 0 N–H and O–H groups in total. The Balaban J connectivity index is 1.86. The maximum atomic E-state index is 11.5. The highest BCUT2D eigenvalue weighted by Crippen LogP contribution is 2.25. The number of hydrogen-bond donors (Lipinski definition) is 0. The second-order valence-electron chi connectivity index (χ2n) is 5.79. The second kappa shape index (κ2) is 9.14. The molecule has 0 radical (unpaired) electrons. The Morgan fingerprint density at radius 2 is 1.52 bits per heavy atom. The van der Waals surface area contributed by atoms with Crippen LogP contribution < -0.4 is 9.47 Å². The first kappa shape index (κ1) is 18.9. The molecule has 132 valence electrons. The van der Waals surface area contributed by atoms with Gasteiger partial charge in [0, 0.05) is 11.1 Å². The summed E-state index contributed by atoms with van der Waals surface area (Å²) in [5, 5.41) is 0.664. The normalized spacial score (nSPS) is 11.3. The first-order valence-electron chi connectivity index (χ1n) is 7.96. The molecule has 0 heterocycles. The molecule has 2 aromatic rings. The molecule has 0 bridgehead atoms. The van der Waals surface area contributed by atoms with Crippen molar-refractivity contribution in [3.8, 4) is 17.2 Å². The number of halogens is 1. The van der Waals surface area contributed by atoms with E-state index in [1.54, 1.807) is 24.3 Å². The van der Waals surface area contributed by atoms with Crippen LogP contribution in [0.25, 0.3) is 0 Å². The van der Waals surface area contributed by atoms with Crippen molar-refractivity contribution in [2.45, 2.75) is 26.9 Å². The summed E-state index contributed by atoms with van der Waals surface area (Å²) >= 11 is 5.85. The van der Waals surface area contributed by atoms with E-state index in [-0.39, 0.29) is 12.1 Å². The molecule has 4 nitrogen and oxygen atoms in total. The molecule has 0 atom stereocenters. The summed E-state index contributed by atoms with van der Waals surface area (Å²) in [5.74, 6) is 1.74. The smallest absolute Gasteiger partial charge is 0.331 e. The van der Waals surface area contributed by atoms with Gasteiger partial charge in [-0.2, -0.15) is 0 Å². The fourth-order valence-corrected chi connectivity index (χ4v) is 2.07. The van der Waals surface area contributed by atoms with Crippen LogP contribution in [-0.4, -0.2) is 18.7 Å². The Bertz CT molecular complexity index is 718. The van der Waals surface area contributed by atoms with Gasteiger partial charge in [0.25, 0.3) is 0 Å². The quantitative estimate of drug-likeness (QED) is 0.489. The van der Waals surface area contributed by atoms with Gasteiger partial charge < -0.3 is 14.2 Å². The molecule has 2 aromatic carbocycles. The van der Waals surface area contributed by atoms with E-state index in [4.69, 9.17) is 25.8 Å². The van der Waals surface area contributed by atoms with Crippen molar-refractivity contribution in [1.82, 2.24) is 0 Å². The van der Waals surface area contributed by atoms with Crippen LogP contribution in [0.3, 0.4) is 0 Å². The Hall–Kier alpha value is -2.46. The molecule has 0 amide bonds. The number of benzene rings is 2. The van der Waals surface area contributed by atoms with Gasteiger partial charge >= 0.3 is 5.97 Å². The lowest BCUT2D eigenvalue weighted by molar-refractivity contribution is -0.141. The van der Waals surface area contributed by atoms with Crippen LogP contribution in [0.5, 0.6) is 17.2 Å². The lowest BCUT2D eigenvalue weighted by Crippen LogP contribution is -2.10. The van der Waals surface area contributed by atoms with Crippen LogP contribution in [0.2, 0.25) is 5.02 Å². The number of carbonyl (C=O) groups excluding carboxylic acids is 1. The summed E-state index contributed by atoms with van der Waals surface area (Å²) in [5.41, 5.74) is 0.784. The summed E-state index contributed by atoms with van der Waals surface area (Å²) in [6, 6.07) is 14.4. The average molecular weight is 361 g/mol. The van der Waals surface area contributed by atoms with Crippen LogP contribution in [0.4, 0.5) is 0 Å². The molecule has 25 heavy (non-hydrogen) atoms. The van der Waals surface area contributed by atoms with Crippen molar-refractivity contribution in [2.75, 3.05) is 6.61 Å². The number of hydrogen-bond acceptors (Lipinski definition) is 4. The molecule has 0 aliphatic rings. The predicted molar refractivity (Wildman–Crippen MR) is 98.4 cm³/mol. The van der Waals surface area contributed by atoms with Gasteiger partial charge in [0.15, 0.2) is 0 Å². The van der Waals surface area contributed by atoms with Gasteiger partial charge in [0.2, 0.25) is 0 Å². The zero-order chi connectivity index (χ0) is 18.2. The number of ether oxygens (including phenoxy) is 3. The van der Waals surface area contributed by atoms with Crippen LogP contribution in [0.15, 0.2) is 60.2 Å². The molecule has 0 saturated heterocycles. The van der Waals surface area contributed by atoms with E-state index in [0.717, 1.165) is 5.57 Å². The van der Waals surface area contributed by atoms with Crippen molar-refractivity contribution in [3.05, 3.63) is 65.2 Å². The highest BCUT2D eigenvalue weighted by Gasteiger charge is 2.04. The third-order valence-electron chi connectivity index (χ3n) is 3.06. The predicted octanol–water partition coefficient (Wildman–Crippen LogP) is 5.41. The second-order valence-corrected chi connectivity index (χ2v) is 6.23. The van der Waals surface area contributed by atoms with E-state index in [0.29, 0.717) is 28.9 Å². The Labute approximate surface area is 153 Å². The van der Waals surface area contributed by atoms with Gasteiger partial charge in [0.05, 0.1) is 6.10 Å². The molecule has 0 aliphatic carbocycles. The third kappa shape index (κ3) is 6.89. The monoisotopic (exact) mass is 360 g/mol. The maximum Gasteiger partial charge on any atom is 0.331 e. The SMILES string of the molecule is C/C(=C\C(=O)OC(C)C)COc1ccc(Oc2ccc(Cl)cc2)cc1. The zero-order valence-corrected chi connectivity index (χ0v) is 15.2. The topological polar surface area (TPSA) is 44.8 Å². The van der Waals surface area contributed by atoms with Gasteiger partial charge in [0.1, 0.15) is 23.9 Å². The molecule has 0 unspecified atom stereocenters. The van der Waals surface area contributed by atoms with Crippen LogP contribution in [0.1, 0.15) is 20.8 Å². The Morgan fingerprint density at radius 1 is 1.00 bits per heavy atom. The molecule has 0 aromatic heterocycles. The highest BCUT2D eigenvalue weighted by molar-refractivity contribution is 6.30. The highest BCUT2D eigenvalue weighted by atomic mass is 35.5. The van der Waals surface area contributed by atoms with Crippen molar-refractivity contribution in [1.29, 1.82) is 0 Å². The average Bonchev–Trinajstić information content (AvgIpc) is 2.55. The number of carbonyl (C=O) groups is 1. The molecule has 0 spiro atoms. The lowest BCUT2D eigenvalue weighted by atomic mass is 10.3. The van der Waals surface area contributed by atoms with Gasteiger partial charge in [-0.25, -0.2) is 4.79 Å². The van der Waals surface area contributed by atoms with Gasteiger partial charge in [-0.05, 0) is 74.9 Å². The fraction of sp³-hybridized carbons (Fsp3) is 0.250. The molecule has 2 rings (SSSR count). The van der Waals surface area contributed by atoms with E-state index >= 15 is 0 Å². The summed E-state index contributed by atoms with van der Waals surface area (Å²) in [4.78, 5) is 11.5. The standard InChI is InChI=1S/C20H21ClO4/c1-14(2)24-20(22)12-15(3)13-23-17-8-10-19(11-9-17)25-18-6-4-16(21)5-7-18/h4-12,14H,13H2,1-3H3/b15-12+. The first-order chi connectivity index (χ1) is 11.9. The zero-order valence-electron chi connectivity index (χ0n) is 14.5. The van der Waals surface area contributed by atoms with Crippen molar-refractivity contribution in [2.24, 2.45) is 0 Å². The first-order valence-corrected chi connectivity index (χ1v) is 8.34. The van der Waals surface area contributed by atoms with Crippen LogP contribution in [-0.2, 0) is 9.53 Å². The minimum atomic E-state index is -0.359. The summed E-state index contributed by atoms with van der Waals surface area (Å²) in [6.07, 6.45) is 1.31. The van der Waals surface area contributed by atoms with E-state index in [9.17, 15) is 4.79 Å². The largest absolute Gasteiger partial charge is 0.489 e. The molecule has 0 fully saturated rings. The Kier molecular flexibility index (Phi) is 6.90. The minimum Gasteiger partial charge on any atom is -0.489 e. The van der Waals surface area contributed by atoms with Crippen LogP contribution in [0, 0.1) is 0 Å². The molecular formula is C20H21ClO4. The fourth-order valence-electron chi connectivity index (χ4n) is 1.95. The molecule has 5 heteroatoms. The van der Waals surface area contributed by atoms with Crippen molar-refractivity contribution in [3.63, 3.8) is 0 Å². The maximum absolute atomic E-state index is 11.5. The van der Waals surface area contributed by atoms with E-state index in [1.165, 1.54) is 6.08 Å². The molecular weight excluding hydrogens is 340 g/mol. The van der Waals surface area contributed by atoms with Crippen LogP contribution >= 0.6 is 11.6 Å². The molecule has 0 saturated carbocycles. The van der Waals surface area contributed by atoms with E-state index in [2.05, 4.69) is 0 Å². The number of esters is 1. The summed E-state index contributed by atoms with van der Waals surface area (Å²) in [7, 11) is 0. The van der Waals surface area contributed by atoms with Crippen molar-refractivity contribution >= 4 is 17.6 Å². The summed E-state index contributed by atoms with van der Waals surface area (Å²) in [6.45, 7) is 5.75. The lowest BCUT2D eigenvalue weighted by Gasteiger charge is -2.09. The summed E-state index contributed by atoms with van der Waals surface area (Å²) < 4.78 is 16.4. The minimum absolute atomic E-state index is 0.134. The Morgan fingerprint density at radius 3 is 2.08 bits per heavy atom. The van der Waals surface area contributed by atoms with Gasteiger partial charge in [-0.3, -0.25) is 0 Å². The van der Waals surface area contributed by atoms with E-state index in [1.807, 2.05) is 45.0 Å². The van der Waals surface area contributed by atoms with Gasteiger partial charge in [-0.15, -0.1) is 0 Å². The van der Waals surface area contributed by atoms with E-state index < -0.39 is 0 Å². The van der Waals surface area contributed by atoms with Gasteiger partial charge in [-0.1, -0.05) is 11.6 Å². The number of rotatable bonds is 7.